The van der Waals surface area contributed by atoms with Crippen LogP contribution in [0.15, 0.2) is 79.0 Å². The summed E-state index contributed by atoms with van der Waals surface area (Å²) in [5.74, 6) is 0.926. The van der Waals surface area contributed by atoms with Gasteiger partial charge < -0.3 is 5.32 Å². The lowest BCUT2D eigenvalue weighted by molar-refractivity contribution is 0.922. The third kappa shape index (κ3) is 3.11. The minimum absolute atomic E-state index is 0.0981. The highest BCUT2D eigenvalue weighted by atomic mass is 15.0. The number of benzene rings is 2. The second kappa shape index (κ2) is 6.23. The van der Waals surface area contributed by atoms with Crippen LogP contribution in [0, 0.1) is 6.92 Å². The minimum Gasteiger partial charge on any atom is -0.359 e. The molecule has 0 aliphatic heterocycles. The molecule has 0 unspecified atom stereocenters. The van der Waals surface area contributed by atoms with Crippen LogP contribution in [0.3, 0.4) is 0 Å². The molecule has 0 bridgehead atoms. The molecule has 0 fully saturated rings. The molecule has 0 saturated heterocycles. The van der Waals surface area contributed by atoms with E-state index in [4.69, 9.17) is 0 Å². The van der Waals surface area contributed by atoms with Crippen LogP contribution in [-0.4, -0.2) is 4.98 Å². The smallest absolute Gasteiger partial charge is 0.129 e. The highest BCUT2D eigenvalue weighted by Crippen LogP contribution is 2.26. The zero-order chi connectivity index (χ0) is 14.5. The van der Waals surface area contributed by atoms with Crippen LogP contribution in [0.25, 0.3) is 0 Å². The van der Waals surface area contributed by atoms with Crippen molar-refractivity contribution in [1.29, 1.82) is 0 Å². The Balaban J connectivity index is 1.99. The first-order valence-electron chi connectivity index (χ1n) is 7.12. The first kappa shape index (κ1) is 13.4. The Morgan fingerprint density at radius 1 is 0.762 bits per heavy atom. The molecule has 1 N–H and O–H groups in total. The normalized spacial score (nSPS) is 10.6. The van der Waals surface area contributed by atoms with Gasteiger partial charge in [-0.3, -0.25) is 0 Å². The van der Waals surface area contributed by atoms with Crippen molar-refractivity contribution in [2.75, 3.05) is 5.32 Å². The maximum atomic E-state index is 4.46. The third-order valence-electron chi connectivity index (χ3n) is 3.56. The van der Waals surface area contributed by atoms with Crippen molar-refractivity contribution in [1.82, 2.24) is 4.98 Å². The summed E-state index contributed by atoms with van der Waals surface area (Å²) in [6.45, 7) is 2.07. The number of aryl methyl sites for hydroxylation is 1. The van der Waals surface area contributed by atoms with Crippen molar-refractivity contribution < 1.29 is 0 Å². The van der Waals surface area contributed by atoms with E-state index in [1.165, 1.54) is 11.1 Å². The van der Waals surface area contributed by atoms with Gasteiger partial charge in [0, 0.05) is 6.20 Å². The largest absolute Gasteiger partial charge is 0.359 e. The molecule has 21 heavy (non-hydrogen) atoms. The number of anilines is 1. The van der Waals surface area contributed by atoms with Gasteiger partial charge in [-0.25, -0.2) is 4.98 Å². The summed E-state index contributed by atoms with van der Waals surface area (Å²) in [6.07, 6.45) is 1.82. The summed E-state index contributed by atoms with van der Waals surface area (Å²) in [4.78, 5) is 4.46. The van der Waals surface area contributed by atoms with E-state index in [1.54, 1.807) is 0 Å². The standard InChI is InChI=1S/C19H18N2/c1-15-9-8-14-20-19(15)21-18(16-10-4-2-5-11-16)17-12-6-3-7-13-17/h2-14,18H,1H3,(H,20,21). The fraction of sp³-hybridized carbons (Fsp3) is 0.105. The van der Waals surface area contributed by atoms with Gasteiger partial charge in [-0.15, -0.1) is 0 Å². The van der Waals surface area contributed by atoms with Crippen molar-refractivity contribution >= 4 is 5.82 Å². The van der Waals surface area contributed by atoms with E-state index in [9.17, 15) is 0 Å². The second-order valence-corrected chi connectivity index (χ2v) is 5.07. The molecule has 1 heterocycles. The van der Waals surface area contributed by atoms with Crippen LogP contribution < -0.4 is 5.32 Å². The van der Waals surface area contributed by atoms with E-state index in [0.29, 0.717) is 0 Å². The average Bonchev–Trinajstić information content (AvgIpc) is 2.56. The first-order valence-corrected chi connectivity index (χ1v) is 7.12. The van der Waals surface area contributed by atoms with Crippen LogP contribution in [0.5, 0.6) is 0 Å². The summed E-state index contributed by atoms with van der Waals surface area (Å²) in [7, 11) is 0. The molecule has 0 aliphatic carbocycles. The van der Waals surface area contributed by atoms with Gasteiger partial charge in [0.25, 0.3) is 0 Å². The lowest BCUT2D eigenvalue weighted by Crippen LogP contribution is -2.13. The Kier molecular flexibility index (Phi) is 3.97. The molecule has 2 heteroatoms. The van der Waals surface area contributed by atoms with Gasteiger partial charge in [0.2, 0.25) is 0 Å². The van der Waals surface area contributed by atoms with E-state index < -0.39 is 0 Å². The molecule has 0 spiro atoms. The number of nitrogens with one attached hydrogen (secondary N) is 1. The Hall–Kier alpha value is -2.61. The quantitative estimate of drug-likeness (QED) is 0.752. The van der Waals surface area contributed by atoms with Gasteiger partial charge in [0.15, 0.2) is 0 Å². The zero-order valence-electron chi connectivity index (χ0n) is 12.0. The van der Waals surface area contributed by atoms with Crippen molar-refractivity contribution in [3.05, 3.63) is 95.7 Å². The van der Waals surface area contributed by atoms with Crippen LogP contribution in [0.1, 0.15) is 22.7 Å². The van der Waals surface area contributed by atoms with E-state index in [1.807, 2.05) is 24.4 Å². The fourth-order valence-corrected chi connectivity index (χ4v) is 2.42. The van der Waals surface area contributed by atoms with E-state index in [-0.39, 0.29) is 6.04 Å². The fourth-order valence-electron chi connectivity index (χ4n) is 2.42. The summed E-state index contributed by atoms with van der Waals surface area (Å²) in [6, 6.07) is 25.0. The molecule has 2 aromatic carbocycles. The third-order valence-corrected chi connectivity index (χ3v) is 3.56. The molecular formula is C19H18N2. The van der Waals surface area contributed by atoms with Gasteiger partial charge in [-0.05, 0) is 29.7 Å². The Bertz CT molecular complexity index is 654. The molecule has 0 amide bonds. The molecule has 2 nitrogen and oxygen atoms in total. The lowest BCUT2D eigenvalue weighted by atomic mass is 9.98. The molecule has 1 aromatic heterocycles. The molecule has 0 atom stereocenters. The minimum atomic E-state index is 0.0981. The first-order chi connectivity index (χ1) is 10.3. The number of aromatic nitrogens is 1. The van der Waals surface area contributed by atoms with E-state index in [2.05, 4.69) is 71.8 Å². The molecule has 3 aromatic rings. The lowest BCUT2D eigenvalue weighted by Gasteiger charge is -2.21. The molecule has 104 valence electrons. The number of hydrogen-bond donors (Lipinski definition) is 1. The highest BCUT2D eigenvalue weighted by molar-refractivity contribution is 5.48. The second-order valence-electron chi connectivity index (χ2n) is 5.07. The molecule has 3 rings (SSSR count). The SMILES string of the molecule is Cc1cccnc1NC(c1ccccc1)c1ccccc1. The van der Waals surface area contributed by atoms with E-state index in [0.717, 1.165) is 11.4 Å². The topological polar surface area (TPSA) is 24.9 Å². The molecule has 0 aliphatic rings. The Labute approximate surface area is 125 Å². The summed E-state index contributed by atoms with van der Waals surface area (Å²) in [5, 5.41) is 3.57. The van der Waals surface area contributed by atoms with E-state index >= 15 is 0 Å². The van der Waals surface area contributed by atoms with Crippen LogP contribution >= 0.6 is 0 Å². The van der Waals surface area contributed by atoms with Crippen molar-refractivity contribution in [3.63, 3.8) is 0 Å². The van der Waals surface area contributed by atoms with Gasteiger partial charge in [-0.2, -0.15) is 0 Å². The summed E-state index contributed by atoms with van der Waals surface area (Å²) < 4.78 is 0. The summed E-state index contributed by atoms with van der Waals surface area (Å²) >= 11 is 0. The van der Waals surface area contributed by atoms with Gasteiger partial charge in [0.05, 0.1) is 6.04 Å². The van der Waals surface area contributed by atoms with Gasteiger partial charge in [-0.1, -0.05) is 66.7 Å². The predicted molar refractivity (Wildman–Crippen MR) is 87.3 cm³/mol. The highest BCUT2D eigenvalue weighted by Gasteiger charge is 2.14. The molecule has 0 saturated carbocycles. The maximum absolute atomic E-state index is 4.46. The van der Waals surface area contributed by atoms with Gasteiger partial charge >= 0.3 is 0 Å². The van der Waals surface area contributed by atoms with Crippen molar-refractivity contribution in [2.24, 2.45) is 0 Å². The number of hydrogen-bond acceptors (Lipinski definition) is 2. The number of rotatable bonds is 4. The predicted octanol–water partition coefficient (Wildman–Crippen LogP) is 4.59. The summed E-state index contributed by atoms with van der Waals surface area (Å²) in [5.41, 5.74) is 3.61. The van der Waals surface area contributed by atoms with Gasteiger partial charge in [0.1, 0.15) is 5.82 Å². The Morgan fingerprint density at radius 2 is 1.33 bits per heavy atom. The maximum Gasteiger partial charge on any atom is 0.129 e. The van der Waals surface area contributed by atoms with Crippen LogP contribution in [0.4, 0.5) is 5.82 Å². The zero-order valence-corrected chi connectivity index (χ0v) is 12.0. The monoisotopic (exact) mass is 274 g/mol. The van der Waals surface area contributed by atoms with Crippen LogP contribution in [-0.2, 0) is 0 Å². The average molecular weight is 274 g/mol. The molecule has 0 radical (unpaired) electrons. The van der Waals surface area contributed by atoms with Crippen LogP contribution in [0.2, 0.25) is 0 Å². The van der Waals surface area contributed by atoms with Crippen molar-refractivity contribution in [3.8, 4) is 0 Å². The molecular weight excluding hydrogens is 256 g/mol. The number of pyridine rings is 1. The Morgan fingerprint density at radius 3 is 1.86 bits per heavy atom. The van der Waals surface area contributed by atoms with Crippen molar-refractivity contribution in [2.45, 2.75) is 13.0 Å². The number of nitrogens with zero attached hydrogens (tertiary/aromatic N) is 1.